The number of aromatic nitrogens is 4. The van der Waals surface area contributed by atoms with E-state index in [0.29, 0.717) is 24.3 Å². The van der Waals surface area contributed by atoms with Gasteiger partial charge in [-0.05, 0) is 23.3 Å². The zero-order chi connectivity index (χ0) is 22.3. The predicted octanol–water partition coefficient (Wildman–Crippen LogP) is 2.63. The standard InChI is InChI=1S/C23H23N5O4/c1-30-19(29)13-16-6-5-7-17(12-16)14-28-15-25-20-21(24)26-23(27-22(20)28)32-11-10-31-18-8-3-2-4-9-18/h2-9,12,15H,10-11,13-14H2,1H3,(H2,24,26,27). The van der Waals surface area contributed by atoms with Crippen molar-refractivity contribution in [3.05, 3.63) is 72.1 Å². The van der Waals surface area contributed by atoms with Crippen LogP contribution in [0.4, 0.5) is 5.82 Å². The summed E-state index contributed by atoms with van der Waals surface area (Å²) in [6.07, 6.45) is 1.87. The van der Waals surface area contributed by atoms with Gasteiger partial charge in [-0.25, -0.2) is 4.98 Å². The van der Waals surface area contributed by atoms with Gasteiger partial charge < -0.3 is 24.5 Å². The van der Waals surface area contributed by atoms with Gasteiger partial charge >= 0.3 is 12.0 Å². The molecule has 4 rings (SSSR count). The normalized spacial score (nSPS) is 10.8. The van der Waals surface area contributed by atoms with Crippen molar-refractivity contribution in [2.75, 3.05) is 26.1 Å². The molecule has 2 heterocycles. The van der Waals surface area contributed by atoms with Crippen molar-refractivity contribution in [1.29, 1.82) is 0 Å². The molecule has 9 nitrogen and oxygen atoms in total. The molecule has 0 fully saturated rings. The number of hydrogen-bond acceptors (Lipinski definition) is 8. The minimum Gasteiger partial charge on any atom is -0.490 e. The molecule has 2 aromatic heterocycles. The maximum atomic E-state index is 11.6. The molecule has 0 spiro atoms. The van der Waals surface area contributed by atoms with E-state index in [4.69, 9.17) is 19.9 Å². The third-order valence-corrected chi connectivity index (χ3v) is 4.72. The van der Waals surface area contributed by atoms with Crippen LogP contribution in [0.25, 0.3) is 11.2 Å². The highest BCUT2D eigenvalue weighted by molar-refractivity contribution is 5.82. The second kappa shape index (κ2) is 9.78. The lowest BCUT2D eigenvalue weighted by Gasteiger charge is -2.09. The number of ether oxygens (including phenoxy) is 3. The molecule has 9 heteroatoms. The van der Waals surface area contributed by atoms with E-state index in [9.17, 15) is 4.79 Å². The van der Waals surface area contributed by atoms with Crippen LogP contribution < -0.4 is 15.2 Å². The van der Waals surface area contributed by atoms with Crippen molar-refractivity contribution >= 4 is 23.0 Å². The Bertz CT molecular complexity index is 1210. The largest absolute Gasteiger partial charge is 0.490 e. The Kier molecular flexibility index (Phi) is 6.45. The fourth-order valence-electron chi connectivity index (χ4n) is 3.21. The summed E-state index contributed by atoms with van der Waals surface area (Å²) < 4.78 is 17.9. The molecule has 0 unspecified atom stereocenters. The summed E-state index contributed by atoms with van der Waals surface area (Å²) in [4.78, 5) is 24.6. The topological polar surface area (TPSA) is 114 Å². The van der Waals surface area contributed by atoms with Crippen molar-refractivity contribution in [3.8, 4) is 11.8 Å². The molecular weight excluding hydrogens is 410 g/mol. The molecule has 32 heavy (non-hydrogen) atoms. The molecule has 0 radical (unpaired) electrons. The number of esters is 1. The summed E-state index contributed by atoms with van der Waals surface area (Å²) in [6, 6.07) is 17.3. The molecule has 0 saturated carbocycles. The van der Waals surface area contributed by atoms with E-state index in [1.165, 1.54) is 7.11 Å². The smallest absolute Gasteiger partial charge is 0.320 e. The minimum absolute atomic E-state index is 0.160. The number of hydrogen-bond donors (Lipinski definition) is 1. The molecule has 2 N–H and O–H groups in total. The van der Waals surface area contributed by atoms with Gasteiger partial charge in [0.1, 0.15) is 19.0 Å². The van der Waals surface area contributed by atoms with Gasteiger partial charge in [-0.3, -0.25) is 4.79 Å². The van der Waals surface area contributed by atoms with Gasteiger partial charge in [-0.2, -0.15) is 9.97 Å². The SMILES string of the molecule is COC(=O)Cc1cccc(Cn2cnc3c(N)nc(OCCOc4ccccc4)nc32)c1. The number of nitrogens with two attached hydrogens (primary N) is 1. The Morgan fingerprint density at radius 2 is 1.78 bits per heavy atom. The number of methoxy groups -OCH3 is 1. The van der Waals surface area contributed by atoms with Crippen LogP contribution in [-0.2, 0) is 22.5 Å². The molecule has 0 aliphatic carbocycles. The monoisotopic (exact) mass is 433 g/mol. The van der Waals surface area contributed by atoms with Crippen LogP contribution in [0.1, 0.15) is 11.1 Å². The first-order chi connectivity index (χ1) is 15.6. The fraction of sp³-hybridized carbons (Fsp3) is 0.217. The Labute approximate surface area is 184 Å². The van der Waals surface area contributed by atoms with Crippen LogP contribution >= 0.6 is 0 Å². The van der Waals surface area contributed by atoms with Gasteiger partial charge in [0.05, 0.1) is 26.4 Å². The Balaban J connectivity index is 1.46. The molecule has 2 aromatic carbocycles. The van der Waals surface area contributed by atoms with Crippen molar-refractivity contribution in [3.63, 3.8) is 0 Å². The average Bonchev–Trinajstić information content (AvgIpc) is 3.21. The Hall–Kier alpha value is -4.14. The molecular formula is C23H23N5O4. The number of imidazole rings is 1. The Morgan fingerprint density at radius 1 is 1.00 bits per heavy atom. The zero-order valence-electron chi connectivity index (χ0n) is 17.6. The van der Waals surface area contributed by atoms with Crippen LogP contribution in [0, 0.1) is 0 Å². The van der Waals surface area contributed by atoms with Gasteiger partial charge in [0.2, 0.25) is 0 Å². The summed E-state index contributed by atoms with van der Waals surface area (Å²) in [5, 5.41) is 0. The number of nitrogens with zero attached hydrogens (tertiary/aromatic N) is 4. The van der Waals surface area contributed by atoms with E-state index in [1.807, 2.05) is 59.2 Å². The van der Waals surface area contributed by atoms with E-state index >= 15 is 0 Å². The summed E-state index contributed by atoms with van der Waals surface area (Å²) in [7, 11) is 1.38. The van der Waals surface area contributed by atoms with Crippen molar-refractivity contribution in [1.82, 2.24) is 19.5 Å². The average molecular weight is 433 g/mol. The minimum atomic E-state index is -0.284. The number of nitrogen functional groups attached to an aromatic ring is 1. The molecule has 4 aromatic rings. The molecule has 164 valence electrons. The zero-order valence-corrected chi connectivity index (χ0v) is 17.6. The van der Waals surface area contributed by atoms with E-state index in [0.717, 1.165) is 16.9 Å². The van der Waals surface area contributed by atoms with Crippen molar-refractivity contribution in [2.24, 2.45) is 0 Å². The number of anilines is 1. The molecule has 0 amide bonds. The number of carbonyl (C=O) groups excluding carboxylic acids is 1. The van der Waals surface area contributed by atoms with Gasteiger partial charge in [-0.1, -0.05) is 42.5 Å². The van der Waals surface area contributed by atoms with Crippen molar-refractivity contribution in [2.45, 2.75) is 13.0 Å². The Morgan fingerprint density at radius 3 is 2.59 bits per heavy atom. The lowest BCUT2D eigenvalue weighted by molar-refractivity contribution is -0.139. The number of benzene rings is 2. The van der Waals surface area contributed by atoms with Crippen LogP contribution in [0.15, 0.2) is 60.9 Å². The summed E-state index contributed by atoms with van der Waals surface area (Å²) in [5.74, 6) is 0.723. The number of fused-ring (bicyclic) bond motifs is 1. The predicted molar refractivity (Wildman–Crippen MR) is 118 cm³/mol. The molecule has 0 aliphatic rings. The van der Waals surface area contributed by atoms with Gasteiger partial charge in [0.25, 0.3) is 0 Å². The highest BCUT2D eigenvalue weighted by atomic mass is 16.5. The lowest BCUT2D eigenvalue weighted by Crippen LogP contribution is -2.11. The van der Waals surface area contributed by atoms with Gasteiger partial charge in [0.15, 0.2) is 17.0 Å². The van der Waals surface area contributed by atoms with Crippen LogP contribution in [0.2, 0.25) is 0 Å². The summed E-state index contributed by atoms with van der Waals surface area (Å²) in [6.45, 7) is 1.11. The van der Waals surface area contributed by atoms with Gasteiger partial charge in [0, 0.05) is 0 Å². The van der Waals surface area contributed by atoms with Gasteiger partial charge in [-0.15, -0.1) is 0 Å². The van der Waals surface area contributed by atoms with Crippen LogP contribution in [0.5, 0.6) is 11.8 Å². The third-order valence-electron chi connectivity index (χ3n) is 4.72. The molecule has 0 bridgehead atoms. The summed E-state index contributed by atoms with van der Waals surface area (Å²) in [5.41, 5.74) is 8.99. The fourth-order valence-corrected chi connectivity index (χ4v) is 3.21. The molecule has 0 aliphatic heterocycles. The first-order valence-electron chi connectivity index (χ1n) is 10.1. The van der Waals surface area contributed by atoms with E-state index in [-0.39, 0.29) is 30.8 Å². The quantitative estimate of drug-likeness (QED) is 0.316. The van der Waals surface area contributed by atoms with Crippen LogP contribution in [0.3, 0.4) is 0 Å². The first-order valence-corrected chi connectivity index (χ1v) is 10.1. The van der Waals surface area contributed by atoms with Crippen LogP contribution in [-0.4, -0.2) is 45.8 Å². The number of para-hydroxylation sites is 1. The van der Waals surface area contributed by atoms with Crippen molar-refractivity contribution < 1.29 is 19.0 Å². The van der Waals surface area contributed by atoms with E-state index < -0.39 is 0 Å². The first kappa shape index (κ1) is 21.1. The van der Waals surface area contributed by atoms with E-state index in [1.54, 1.807) is 6.33 Å². The summed E-state index contributed by atoms with van der Waals surface area (Å²) >= 11 is 0. The second-order valence-electron chi connectivity index (χ2n) is 7.02. The third kappa shape index (κ3) is 5.12. The lowest BCUT2D eigenvalue weighted by atomic mass is 10.1. The maximum absolute atomic E-state index is 11.6. The number of carbonyl (C=O) groups is 1. The second-order valence-corrected chi connectivity index (χ2v) is 7.02. The molecule has 0 saturated heterocycles. The maximum Gasteiger partial charge on any atom is 0.320 e. The highest BCUT2D eigenvalue weighted by Gasteiger charge is 2.13. The van der Waals surface area contributed by atoms with E-state index in [2.05, 4.69) is 15.0 Å². The highest BCUT2D eigenvalue weighted by Crippen LogP contribution is 2.20. The molecule has 0 atom stereocenters. The number of rotatable bonds is 9.